The first-order valence-electron chi connectivity index (χ1n) is 10.2. The number of halogens is 1. The number of hydrogen-bond acceptors (Lipinski definition) is 4. The summed E-state index contributed by atoms with van der Waals surface area (Å²) >= 11 is 0. The molecule has 1 fully saturated rings. The molecule has 3 unspecified atom stereocenters. The molecule has 0 bridgehead atoms. The van der Waals surface area contributed by atoms with Gasteiger partial charge in [0.2, 0.25) is 0 Å². The van der Waals surface area contributed by atoms with Gasteiger partial charge in [-0.25, -0.2) is 0 Å². The number of hydrogen-bond donors (Lipinski definition) is 2. The summed E-state index contributed by atoms with van der Waals surface area (Å²) in [5.74, 6) is 2.44. The molecular formula is C21H37IN4O2S. The summed E-state index contributed by atoms with van der Waals surface area (Å²) in [4.78, 5) is 6.46. The van der Waals surface area contributed by atoms with E-state index in [1.165, 1.54) is 0 Å². The highest BCUT2D eigenvalue weighted by molar-refractivity contribution is 14.0. The van der Waals surface area contributed by atoms with E-state index in [1.54, 1.807) is 7.05 Å². The van der Waals surface area contributed by atoms with Crippen LogP contribution < -0.4 is 15.4 Å². The van der Waals surface area contributed by atoms with Crippen LogP contribution in [0.4, 0.5) is 0 Å². The largest absolute Gasteiger partial charge is 0.492 e. The number of nitrogens with one attached hydrogen (secondary N) is 2. The number of guanidine groups is 1. The minimum absolute atomic E-state index is 0. The van der Waals surface area contributed by atoms with E-state index in [4.69, 9.17) is 4.74 Å². The van der Waals surface area contributed by atoms with Crippen LogP contribution in [0.3, 0.4) is 0 Å². The Hall–Kier alpha value is -0.870. The summed E-state index contributed by atoms with van der Waals surface area (Å²) < 4.78 is 18.0. The van der Waals surface area contributed by atoms with E-state index in [0.29, 0.717) is 24.4 Å². The van der Waals surface area contributed by atoms with Crippen LogP contribution in [-0.4, -0.2) is 66.4 Å². The second-order valence-electron chi connectivity index (χ2n) is 7.52. The van der Waals surface area contributed by atoms with Crippen LogP contribution in [0.15, 0.2) is 29.3 Å². The topological polar surface area (TPSA) is 66.0 Å². The van der Waals surface area contributed by atoms with Gasteiger partial charge in [-0.2, -0.15) is 0 Å². The third kappa shape index (κ3) is 9.65. The van der Waals surface area contributed by atoms with Gasteiger partial charge in [-0.3, -0.25) is 9.20 Å². The second kappa shape index (κ2) is 14.2. The number of nitrogens with zero attached hydrogens (tertiary/aromatic N) is 2. The first kappa shape index (κ1) is 26.2. The number of benzene rings is 1. The average molecular weight is 537 g/mol. The molecule has 8 heteroatoms. The summed E-state index contributed by atoms with van der Waals surface area (Å²) in [7, 11) is 5.16. The van der Waals surface area contributed by atoms with Crippen molar-refractivity contribution in [3.63, 3.8) is 0 Å². The smallest absolute Gasteiger partial charge is 0.191 e. The zero-order valence-electron chi connectivity index (χ0n) is 18.1. The molecule has 0 amide bonds. The fourth-order valence-electron chi connectivity index (χ4n) is 3.42. The van der Waals surface area contributed by atoms with Crippen molar-refractivity contribution >= 4 is 40.7 Å². The maximum Gasteiger partial charge on any atom is 0.191 e. The highest BCUT2D eigenvalue weighted by Crippen LogP contribution is 2.23. The van der Waals surface area contributed by atoms with Gasteiger partial charge >= 0.3 is 0 Å². The van der Waals surface area contributed by atoms with Crippen molar-refractivity contribution in [3.05, 3.63) is 29.8 Å². The average Bonchev–Trinajstić information content (AvgIpc) is 2.70. The van der Waals surface area contributed by atoms with Gasteiger partial charge in [0.15, 0.2) is 5.96 Å². The Bertz CT molecular complexity index is 657. The van der Waals surface area contributed by atoms with Gasteiger partial charge < -0.3 is 20.3 Å². The van der Waals surface area contributed by atoms with Crippen molar-refractivity contribution in [2.45, 2.75) is 50.4 Å². The van der Waals surface area contributed by atoms with E-state index in [-0.39, 0.29) is 24.0 Å². The van der Waals surface area contributed by atoms with Crippen LogP contribution >= 0.6 is 24.0 Å². The standard InChI is InChI=1S/C21H36N4O2S.HI/c1-5-28(26)20-11-7-9-18(15-20)24-21(22-2)23-16-17-8-6-10-19(14-17)27-13-12-25(3)4;/h6,8,10,14,18,20H,5,7,9,11-13,15-16H2,1-4H3,(H2,22,23,24);1H. The van der Waals surface area contributed by atoms with Crippen molar-refractivity contribution in [2.24, 2.45) is 4.99 Å². The summed E-state index contributed by atoms with van der Waals surface area (Å²) in [6.45, 7) is 4.26. The second-order valence-corrected chi connectivity index (χ2v) is 9.53. The molecule has 0 spiro atoms. The molecule has 2 rings (SSSR count). The number of rotatable bonds is 9. The van der Waals surface area contributed by atoms with Crippen molar-refractivity contribution in [1.82, 2.24) is 15.5 Å². The van der Waals surface area contributed by atoms with Gasteiger partial charge in [0.1, 0.15) is 12.4 Å². The molecule has 6 nitrogen and oxygen atoms in total. The quantitative estimate of drug-likeness (QED) is 0.289. The zero-order chi connectivity index (χ0) is 20.4. The minimum Gasteiger partial charge on any atom is -0.492 e. The summed E-state index contributed by atoms with van der Waals surface area (Å²) in [5, 5.41) is 7.22. The van der Waals surface area contributed by atoms with Crippen molar-refractivity contribution < 1.29 is 8.95 Å². The highest BCUT2D eigenvalue weighted by Gasteiger charge is 2.25. The highest BCUT2D eigenvalue weighted by atomic mass is 127. The van der Waals surface area contributed by atoms with E-state index in [1.807, 2.05) is 33.2 Å². The molecule has 0 radical (unpaired) electrons. The summed E-state index contributed by atoms with van der Waals surface area (Å²) in [6.07, 6.45) is 4.26. The molecule has 1 aliphatic rings. The minimum atomic E-state index is -0.710. The fraction of sp³-hybridized carbons (Fsp3) is 0.667. The van der Waals surface area contributed by atoms with E-state index >= 15 is 0 Å². The predicted molar refractivity (Wildman–Crippen MR) is 134 cm³/mol. The van der Waals surface area contributed by atoms with Gasteiger partial charge in [-0.15, -0.1) is 24.0 Å². The van der Waals surface area contributed by atoms with Gasteiger partial charge in [0, 0.05) is 48.0 Å². The SMILES string of the molecule is CCS(=O)C1CCCC(NC(=NC)NCc2cccc(OCCN(C)C)c2)C1.I. The molecule has 0 heterocycles. The van der Waals surface area contributed by atoms with Gasteiger partial charge in [-0.1, -0.05) is 25.5 Å². The summed E-state index contributed by atoms with van der Waals surface area (Å²) in [6, 6.07) is 8.49. The van der Waals surface area contributed by atoms with E-state index in [9.17, 15) is 4.21 Å². The Balaban J connectivity index is 0.00000420. The lowest BCUT2D eigenvalue weighted by Crippen LogP contribution is -2.46. The Labute approximate surface area is 195 Å². The maximum atomic E-state index is 12.1. The lowest BCUT2D eigenvalue weighted by molar-refractivity contribution is 0.261. The van der Waals surface area contributed by atoms with Crippen LogP contribution in [-0.2, 0) is 17.3 Å². The third-order valence-electron chi connectivity index (χ3n) is 5.01. The van der Waals surface area contributed by atoms with Gasteiger partial charge in [-0.05, 0) is 51.1 Å². The Morgan fingerprint density at radius 2 is 2.14 bits per heavy atom. The number of aliphatic imine (C=N–C) groups is 1. The molecule has 2 N–H and O–H groups in total. The van der Waals surface area contributed by atoms with Crippen molar-refractivity contribution in [3.8, 4) is 5.75 Å². The molecule has 0 aliphatic heterocycles. The van der Waals surface area contributed by atoms with Gasteiger partial charge in [0.05, 0.1) is 0 Å². The van der Waals surface area contributed by atoms with Gasteiger partial charge in [0.25, 0.3) is 0 Å². The maximum absolute atomic E-state index is 12.1. The Kier molecular flexibility index (Phi) is 12.8. The van der Waals surface area contributed by atoms with Crippen molar-refractivity contribution in [1.29, 1.82) is 0 Å². The summed E-state index contributed by atoms with van der Waals surface area (Å²) in [5.41, 5.74) is 1.15. The molecular weight excluding hydrogens is 499 g/mol. The van der Waals surface area contributed by atoms with Crippen LogP contribution in [0.2, 0.25) is 0 Å². The molecule has 0 aromatic heterocycles. The number of ether oxygens (including phenoxy) is 1. The van der Waals surface area contributed by atoms with Crippen molar-refractivity contribution in [2.75, 3.05) is 40.0 Å². The molecule has 29 heavy (non-hydrogen) atoms. The zero-order valence-corrected chi connectivity index (χ0v) is 21.3. The monoisotopic (exact) mass is 536 g/mol. The Morgan fingerprint density at radius 1 is 1.34 bits per heavy atom. The first-order chi connectivity index (χ1) is 13.5. The van der Waals surface area contributed by atoms with Crippen LogP contribution in [0.5, 0.6) is 5.75 Å². The molecule has 1 aromatic rings. The molecule has 0 saturated heterocycles. The fourth-order valence-corrected chi connectivity index (χ4v) is 4.76. The lowest BCUT2D eigenvalue weighted by Gasteiger charge is -2.30. The Morgan fingerprint density at radius 3 is 2.83 bits per heavy atom. The van der Waals surface area contributed by atoms with E-state index < -0.39 is 10.8 Å². The first-order valence-corrected chi connectivity index (χ1v) is 11.6. The van der Waals surface area contributed by atoms with Crippen LogP contribution in [0, 0.1) is 0 Å². The normalized spacial score (nSPS) is 20.7. The van der Waals surface area contributed by atoms with Crippen LogP contribution in [0.25, 0.3) is 0 Å². The third-order valence-corrected chi connectivity index (χ3v) is 6.75. The molecule has 3 atom stereocenters. The van der Waals surface area contributed by atoms with E-state index in [2.05, 4.69) is 32.7 Å². The predicted octanol–water partition coefficient (Wildman–Crippen LogP) is 2.99. The number of likely N-dealkylation sites (N-methyl/N-ethyl adjacent to an activating group) is 1. The molecule has 1 aliphatic carbocycles. The molecule has 1 saturated carbocycles. The molecule has 1 aromatic carbocycles. The van der Waals surface area contributed by atoms with E-state index in [0.717, 1.165) is 55.3 Å². The molecule has 166 valence electrons. The van der Waals surface area contributed by atoms with Crippen LogP contribution in [0.1, 0.15) is 38.2 Å². The lowest BCUT2D eigenvalue weighted by atomic mass is 9.95.